The number of hydrogen-bond donors (Lipinski definition) is 2. The number of carboxylic acids is 4. The average molecular weight is 446 g/mol. The first-order valence-corrected chi connectivity index (χ1v) is 8.97. The van der Waals surface area contributed by atoms with Gasteiger partial charge in [-0.3, -0.25) is 0 Å². The number of nitrogens with one attached hydrogen (secondary N) is 2. The van der Waals surface area contributed by atoms with Crippen LogP contribution in [0.15, 0.2) is 61.0 Å². The highest BCUT2D eigenvalue weighted by Crippen LogP contribution is 1.93. The van der Waals surface area contributed by atoms with E-state index in [0.717, 1.165) is 0 Å². The maximum absolute atomic E-state index is 9.55. The molecule has 0 aliphatic carbocycles. The fraction of sp³-hybridized carbons (Fsp3) is 0.182. The Morgan fingerprint density at radius 3 is 1.16 bits per heavy atom. The van der Waals surface area contributed by atoms with Crippen LogP contribution in [0.1, 0.15) is 22.5 Å². The van der Waals surface area contributed by atoms with Crippen LogP contribution in [0, 0.1) is 27.7 Å². The summed E-state index contributed by atoms with van der Waals surface area (Å²) in [6, 6.07) is 8.32. The van der Waals surface area contributed by atoms with Gasteiger partial charge in [0, 0.05) is 50.3 Å². The van der Waals surface area contributed by atoms with E-state index in [1.165, 1.54) is 22.5 Å². The van der Waals surface area contributed by atoms with Crippen molar-refractivity contribution >= 4 is 23.9 Å². The largest absolute Gasteiger partial charge is 0.545 e. The summed E-state index contributed by atoms with van der Waals surface area (Å²) in [6.07, 6.45) is 5.78. The molecule has 0 saturated carbocycles. The van der Waals surface area contributed by atoms with Gasteiger partial charge < -0.3 is 30.0 Å². The summed E-state index contributed by atoms with van der Waals surface area (Å²) in [4.78, 5) is 44.1. The summed E-state index contributed by atoms with van der Waals surface area (Å²) in [5.74, 6) is -5.61. The molecular weight excluding hydrogens is 420 g/mol. The second kappa shape index (κ2) is 17.5. The van der Waals surface area contributed by atoms with Crippen molar-refractivity contribution in [2.24, 2.45) is 0 Å². The monoisotopic (exact) mass is 446 g/mol. The number of carbonyl (C=O) groups excluding carboxylic acids is 2. The van der Waals surface area contributed by atoms with Gasteiger partial charge in [-0.05, 0) is 37.1 Å². The number of rotatable bonds is 4. The van der Waals surface area contributed by atoms with Crippen LogP contribution in [-0.2, 0) is 19.2 Å². The Bertz CT molecular complexity index is 808. The minimum Gasteiger partial charge on any atom is -0.545 e. The summed E-state index contributed by atoms with van der Waals surface area (Å²) < 4.78 is 0. The van der Waals surface area contributed by atoms with Crippen molar-refractivity contribution in [3.8, 4) is 0 Å². The second-order valence-electron chi connectivity index (χ2n) is 6.08. The smallest absolute Gasteiger partial charge is 0.328 e. The van der Waals surface area contributed by atoms with Crippen molar-refractivity contribution in [3.63, 3.8) is 0 Å². The van der Waals surface area contributed by atoms with Gasteiger partial charge in [0.2, 0.25) is 0 Å². The third kappa shape index (κ3) is 23.7. The van der Waals surface area contributed by atoms with E-state index in [0.29, 0.717) is 24.3 Å². The maximum Gasteiger partial charge on any atom is 0.328 e. The van der Waals surface area contributed by atoms with E-state index in [1.54, 1.807) is 0 Å². The summed E-state index contributed by atoms with van der Waals surface area (Å²) in [5.41, 5.74) is 5.04. The molecule has 0 aliphatic rings. The molecule has 32 heavy (non-hydrogen) atoms. The lowest BCUT2D eigenvalue weighted by Gasteiger charge is -1.90. The molecule has 10 nitrogen and oxygen atoms in total. The Morgan fingerprint density at radius 2 is 1.00 bits per heavy atom. The van der Waals surface area contributed by atoms with Crippen LogP contribution in [0.4, 0.5) is 0 Å². The number of aromatic nitrogens is 2. The van der Waals surface area contributed by atoms with Crippen LogP contribution in [0.3, 0.4) is 0 Å². The molecular formula is C22H26N2O8. The lowest BCUT2D eigenvalue weighted by molar-refractivity contribution is -0.388. The zero-order valence-electron chi connectivity index (χ0n) is 18.1. The van der Waals surface area contributed by atoms with Gasteiger partial charge in [-0.1, -0.05) is 0 Å². The maximum atomic E-state index is 9.55. The quantitative estimate of drug-likeness (QED) is 0.560. The van der Waals surface area contributed by atoms with Crippen LogP contribution in [0.5, 0.6) is 0 Å². The lowest BCUT2D eigenvalue weighted by Crippen LogP contribution is -2.23. The van der Waals surface area contributed by atoms with E-state index in [1.807, 2.05) is 38.4 Å². The van der Waals surface area contributed by atoms with Gasteiger partial charge in [-0.15, -0.1) is 0 Å². The van der Waals surface area contributed by atoms with Crippen molar-refractivity contribution in [1.82, 2.24) is 0 Å². The molecule has 0 radical (unpaired) electrons. The standard InChI is InChI=1S/2C7H9N.2C4H4O4/c2*1-6-3-4-8-7(2)5-6;2*5-3(6)1-2-4(7)8/h2*3-5H,1-2H3;2*1-2H,(H,5,6)(H,7,8)/b;;2*2-1+. The minimum atomic E-state index is -1.55. The predicted molar refractivity (Wildman–Crippen MR) is 109 cm³/mol. The van der Waals surface area contributed by atoms with Crippen molar-refractivity contribution in [2.75, 3.05) is 0 Å². The minimum absolute atomic E-state index is 0.384. The number of carboxylic acid groups (broad SMARTS) is 4. The molecule has 2 aromatic heterocycles. The highest BCUT2D eigenvalue weighted by Gasteiger charge is 1.90. The number of H-pyrrole nitrogens is 2. The normalized spacial score (nSPS) is 9.38. The van der Waals surface area contributed by atoms with Crippen molar-refractivity contribution < 1.29 is 49.6 Å². The summed E-state index contributed by atoms with van der Waals surface area (Å²) in [7, 11) is 0. The summed E-state index contributed by atoms with van der Waals surface area (Å²) in [5, 5.41) is 34.5. The number of carbonyl (C=O) groups is 4. The van der Waals surface area contributed by atoms with Crippen LogP contribution in [-0.4, -0.2) is 34.1 Å². The molecule has 0 saturated heterocycles. The first kappa shape index (κ1) is 29.9. The van der Waals surface area contributed by atoms with E-state index in [-0.39, 0.29) is 0 Å². The number of aliphatic carboxylic acids is 4. The Morgan fingerprint density at radius 1 is 0.688 bits per heavy atom. The molecule has 2 rings (SSSR count). The number of aryl methyl sites for hydroxylation is 4. The van der Waals surface area contributed by atoms with Gasteiger partial charge >= 0.3 is 11.9 Å². The Balaban J connectivity index is 0. The zero-order valence-corrected chi connectivity index (χ0v) is 18.1. The van der Waals surface area contributed by atoms with Gasteiger partial charge in [0.15, 0.2) is 23.8 Å². The van der Waals surface area contributed by atoms with Crippen molar-refractivity contribution in [2.45, 2.75) is 27.7 Å². The van der Waals surface area contributed by atoms with E-state index in [4.69, 9.17) is 10.2 Å². The number of hydrogen-bond acceptors (Lipinski definition) is 6. The molecule has 10 heteroatoms. The van der Waals surface area contributed by atoms with Crippen LogP contribution >= 0.6 is 0 Å². The van der Waals surface area contributed by atoms with E-state index in [9.17, 15) is 29.4 Å². The summed E-state index contributed by atoms with van der Waals surface area (Å²) in [6.45, 7) is 8.27. The van der Waals surface area contributed by atoms with Gasteiger partial charge in [0.25, 0.3) is 0 Å². The third-order valence-electron chi connectivity index (χ3n) is 2.93. The second-order valence-corrected chi connectivity index (χ2v) is 6.08. The highest BCUT2D eigenvalue weighted by atomic mass is 16.4. The number of aromatic amines is 2. The SMILES string of the molecule is Cc1cc[nH+]c(C)c1.Cc1cc[nH+]c(C)c1.O=C(O)/C=C/C(=O)O.O=C([O-])/C=C/C(=O)[O-]. The van der Waals surface area contributed by atoms with Crippen LogP contribution in [0.25, 0.3) is 0 Å². The first-order valence-electron chi connectivity index (χ1n) is 8.97. The predicted octanol–water partition coefficient (Wildman–Crippen LogP) is -1.01. The zero-order chi connectivity index (χ0) is 25.1. The molecule has 2 heterocycles. The number of pyridine rings is 2. The topological polar surface area (TPSA) is 183 Å². The van der Waals surface area contributed by atoms with Gasteiger partial charge in [-0.2, -0.15) is 0 Å². The molecule has 172 valence electrons. The molecule has 0 fully saturated rings. The van der Waals surface area contributed by atoms with E-state index < -0.39 is 23.9 Å². The fourth-order valence-electron chi connectivity index (χ4n) is 1.75. The van der Waals surface area contributed by atoms with Gasteiger partial charge in [0.1, 0.15) is 0 Å². The van der Waals surface area contributed by atoms with Crippen molar-refractivity contribution in [1.29, 1.82) is 0 Å². The average Bonchev–Trinajstić information content (AvgIpc) is 2.66. The third-order valence-corrected chi connectivity index (χ3v) is 2.93. The van der Waals surface area contributed by atoms with Crippen LogP contribution in [0.2, 0.25) is 0 Å². The van der Waals surface area contributed by atoms with Crippen LogP contribution < -0.4 is 20.2 Å². The first-order chi connectivity index (χ1) is 14.8. The molecule has 0 aliphatic heterocycles. The molecule has 0 atom stereocenters. The molecule has 0 spiro atoms. The highest BCUT2D eigenvalue weighted by molar-refractivity contribution is 5.89. The van der Waals surface area contributed by atoms with Crippen molar-refractivity contribution in [3.05, 3.63) is 83.5 Å². The van der Waals surface area contributed by atoms with Gasteiger partial charge in [-0.25, -0.2) is 19.6 Å². The summed E-state index contributed by atoms with van der Waals surface area (Å²) >= 11 is 0. The fourth-order valence-corrected chi connectivity index (χ4v) is 1.75. The Labute approximate surface area is 185 Å². The molecule has 2 aromatic rings. The molecule has 4 N–H and O–H groups in total. The Hall–Kier alpha value is -4.34. The molecule has 0 unspecified atom stereocenters. The molecule has 0 aromatic carbocycles. The van der Waals surface area contributed by atoms with E-state index >= 15 is 0 Å². The Kier molecular flexibility index (Phi) is 16.3. The van der Waals surface area contributed by atoms with Gasteiger partial charge in [0.05, 0.1) is 11.9 Å². The molecule has 0 bridgehead atoms. The van der Waals surface area contributed by atoms with E-state index in [2.05, 4.69) is 35.9 Å². The lowest BCUT2D eigenvalue weighted by atomic mass is 10.3. The molecule has 0 amide bonds.